The molecule has 2 heterocycles. The van der Waals surface area contributed by atoms with Gasteiger partial charge in [0.2, 0.25) is 0 Å². The first-order valence-corrected chi connectivity index (χ1v) is 7.95. The number of carbonyl (C=O) groups excluding carboxylic acids is 2. The molecule has 2 aliphatic rings. The smallest absolute Gasteiger partial charge is 0.319 e. The van der Waals surface area contributed by atoms with Gasteiger partial charge in [0.25, 0.3) is 5.91 Å². The Morgan fingerprint density at radius 3 is 2.87 bits per heavy atom. The Bertz CT molecular complexity index is 672. The van der Waals surface area contributed by atoms with Crippen LogP contribution in [0.15, 0.2) is 35.5 Å². The summed E-state index contributed by atoms with van der Waals surface area (Å²) in [4.78, 5) is 26.3. The van der Waals surface area contributed by atoms with Crippen LogP contribution in [0.5, 0.6) is 0 Å². The molecule has 0 saturated heterocycles. The molecule has 0 bridgehead atoms. The van der Waals surface area contributed by atoms with E-state index in [1.807, 2.05) is 0 Å². The third-order valence-electron chi connectivity index (χ3n) is 4.23. The van der Waals surface area contributed by atoms with Crippen molar-refractivity contribution in [3.63, 3.8) is 0 Å². The highest BCUT2D eigenvalue weighted by Gasteiger charge is 2.40. The minimum absolute atomic E-state index is 0.0853. The number of halogens is 1. The first kappa shape index (κ1) is 15.5. The second kappa shape index (κ2) is 6.40. The van der Waals surface area contributed by atoms with E-state index in [1.54, 1.807) is 17.0 Å². The van der Waals surface area contributed by atoms with Gasteiger partial charge >= 0.3 is 6.03 Å². The van der Waals surface area contributed by atoms with E-state index in [2.05, 4.69) is 17.6 Å². The van der Waals surface area contributed by atoms with E-state index in [-0.39, 0.29) is 17.8 Å². The van der Waals surface area contributed by atoms with Crippen LogP contribution in [0.2, 0.25) is 0 Å². The fraction of sp³-hybridized carbons (Fsp3) is 0.412. The van der Waals surface area contributed by atoms with Gasteiger partial charge in [-0.25, -0.2) is 9.18 Å². The van der Waals surface area contributed by atoms with E-state index in [4.69, 9.17) is 0 Å². The monoisotopic (exact) mass is 317 g/mol. The lowest BCUT2D eigenvalue weighted by Gasteiger charge is -2.25. The van der Waals surface area contributed by atoms with E-state index < -0.39 is 6.04 Å². The van der Waals surface area contributed by atoms with E-state index in [9.17, 15) is 14.0 Å². The highest BCUT2D eigenvalue weighted by atomic mass is 19.1. The van der Waals surface area contributed by atoms with Crippen molar-refractivity contribution in [3.8, 4) is 0 Å². The number of amides is 3. The molecule has 5 nitrogen and oxygen atoms in total. The van der Waals surface area contributed by atoms with Gasteiger partial charge in [0.15, 0.2) is 0 Å². The number of carbonyl (C=O) groups is 2. The third kappa shape index (κ3) is 3.06. The summed E-state index contributed by atoms with van der Waals surface area (Å²) in [6.45, 7) is 3.20. The van der Waals surface area contributed by atoms with Crippen molar-refractivity contribution in [2.24, 2.45) is 0 Å². The van der Waals surface area contributed by atoms with Crippen molar-refractivity contribution in [2.45, 2.75) is 32.2 Å². The number of unbranched alkanes of at least 4 members (excludes halogenated alkanes) is 2. The molecule has 2 N–H and O–H groups in total. The maximum Gasteiger partial charge on any atom is 0.319 e. The highest BCUT2D eigenvalue weighted by Crippen LogP contribution is 2.32. The molecule has 1 atom stereocenters. The van der Waals surface area contributed by atoms with Crippen LogP contribution in [-0.2, 0) is 4.79 Å². The fourth-order valence-corrected chi connectivity index (χ4v) is 3.10. The number of nitrogens with zero attached hydrogens (tertiary/aromatic N) is 1. The van der Waals surface area contributed by atoms with E-state index >= 15 is 0 Å². The number of nitrogens with one attached hydrogen (secondary N) is 2. The van der Waals surface area contributed by atoms with Crippen molar-refractivity contribution in [1.29, 1.82) is 0 Å². The Hall–Kier alpha value is -2.37. The minimum Gasteiger partial charge on any atom is -0.333 e. The van der Waals surface area contributed by atoms with Crippen LogP contribution in [0.3, 0.4) is 0 Å². The second-order valence-corrected chi connectivity index (χ2v) is 5.91. The van der Waals surface area contributed by atoms with Crippen molar-refractivity contribution >= 4 is 11.9 Å². The van der Waals surface area contributed by atoms with E-state index in [0.29, 0.717) is 29.9 Å². The first-order valence-electron chi connectivity index (χ1n) is 7.95. The summed E-state index contributed by atoms with van der Waals surface area (Å²) in [5.41, 5.74) is 1.73. The highest BCUT2D eigenvalue weighted by molar-refractivity contribution is 6.01. The molecule has 1 aromatic rings. The van der Waals surface area contributed by atoms with Crippen LogP contribution in [0.25, 0.3) is 0 Å². The summed E-state index contributed by atoms with van der Waals surface area (Å²) in [5, 5.41) is 5.44. The zero-order valence-corrected chi connectivity index (χ0v) is 13.1. The fourth-order valence-electron chi connectivity index (χ4n) is 3.10. The Morgan fingerprint density at radius 1 is 1.30 bits per heavy atom. The van der Waals surface area contributed by atoms with Gasteiger partial charge in [0, 0.05) is 6.54 Å². The van der Waals surface area contributed by atoms with Gasteiger partial charge in [0.1, 0.15) is 5.82 Å². The molecule has 2 aliphatic heterocycles. The van der Waals surface area contributed by atoms with Gasteiger partial charge in [-0.05, 0) is 24.1 Å². The summed E-state index contributed by atoms with van der Waals surface area (Å²) >= 11 is 0. The molecule has 0 radical (unpaired) electrons. The molecule has 0 fully saturated rings. The standard InChI is InChI=1S/C17H20FN3O2/c1-2-3-4-8-21-10-13-14(16(21)22)15(20-17(23)19-13)11-6-5-7-12(18)9-11/h5-7,9,15H,2-4,8,10H2,1H3,(H2,19,20,23). The third-order valence-corrected chi connectivity index (χ3v) is 4.23. The average Bonchev–Trinajstić information content (AvgIpc) is 2.83. The van der Waals surface area contributed by atoms with Crippen LogP contribution in [0, 0.1) is 5.82 Å². The Labute approximate surface area is 134 Å². The lowest BCUT2D eigenvalue weighted by molar-refractivity contribution is -0.125. The number of hydrogen-bond acceptors (Lipinski definition) is 2. The normalized spacial score (nSPS) is 20.4. The molecule has 0 saturated carbocycles. The minimum atomic E-state index is -0.599. The molecular formula is C17H20FN3O2. The lowest BCUT2D eigenvalue weighted by atomic mass is 9.96. The molecule has 122 valence electrons. The topological polar surface area (TPSA) is 61.4 Å². The summed E-state index contributed by atoms with van der Waals surface area (Å²) in [6.07, 6.45) is 3.08. The van der Waals surface area contributed by atoms with Crippen molar-refractivity contribution in [2.75, 3.05) is 13.1 Å². The zero-order valence-electron chi connectivity index (χ0n) is 13.1. The predicted octanol–water partition coefficient (Wildman–Crippen LogP) is 2.47. The van der Waals surface area contributed by atoms with Gasteiger partial charge in [-0.1, -0.05) is 31.9 Å². The molecule has 6 heteroatoms. The van der Waals surface area contributed by atoms with Gasteiger partial charge in [0.05, 0.1) is 23.9 Å². The number of benzene rings is 1. The van der Waals surface area contributed by atoms with Gasteiger partial charge < -0.3 is 15.5 Å². The van der Waals surface area contributed by atoms with Gasteiger partial charge in [-0.3, -0.25) is 4.79 Å². The number of urea groups is 1. The molecule has 0 aromatic heterocycles. The van der Waals surface area contributed by atoms with Gasteiger partial charge in [-0.15, -0.1) is 0 Å². The molecule has 23 heavy (non-hydrogen) atoms. The Balaban J connectivity index is 1.86. The molecule has 3 amide bonds. The Morgan fingerprint density at radius 2 is 2.13 bits per heavy atom. The van der Waals surface area contributed by atoms with Crippen LogP contribution >= 0.6 is 0 Å². The number of hydrogen-bond donors (Lipinski definition) is 2. The largest absolute Gasteiger partial charge is 0.333 e. The summed E-state index contributed by atoms with van der Waals surface area (Å²) < 4.78 is 13.5. The molecule has 1 aromatic carbocycles. The van der Waals surface area contributed by atoms with Crippen LogP contribution < -0.4 is 10.6 Å². The van der Waals surface area contributed by atoms with Crippen LogP contribution in [-0.4, -0.2) is 29.9 Å². The molecule has 1 unspecified atom stereocenters. The average molecular weight is 317 g/mol. The number of rotatable bonds is 5. The molecule has 0 spiro atoms. The quantitative estimate of drug-likeness (QED) is 0.820. The first-order chi connectivity index (χ1) is 11.1. The predicted molar refractivity (Wildman–Crippen MR) is 83.9 cm³/mol. The zero-order chi connectivity index (χ0) is 16.4. The lowest BCUT2D eigenvalue weighted by Crippen LogP contribution is -2.44. The summed E-state index contributed by atoms with van der Waals surface area (Å²) in [6, 6.07) is 5.04. The molecule has 3 rings (SSSR count). The summed E-state index contributed by atoms with van der Waals surface area (Å²) in [5.74, 6) is -0.472. The second-order valence-electron chi connectivity index (χ2n) is 5.91. The van der Waals surface area contributed by atoms with Crippen LogP contribution in [0.1, 0.15) is 37.8 Å². The van der Waals surface area contributed by atoms with E-state index in [1.165, 1.54) is 12.1 Å². The summed E-state index contributed by atoms with van der Waals surface area (Å²) in [7, 11) is 0. The van der Waals surface area contributed by atoms with Gasteiger partial charge in [-0.2, -0.15) is 0 Å². The molecule has 0 aliphatic carbocycles. The maximum atomic E-state index is 13.5. The van der Waals surface area contributed by atoms with E-state index in [0.717, 1.165) is 19.3 Å². The maximum absolute atomic E-state index is 13.5. The van der Waals surface area contributed by atoms with Crippen LogP contribution in [0.4, 0.5) is 9.18 Å². The van der Waals surface area contributed by atoms with Crippen molar-refractivity contribution in [1.82, 2.24) is 15.5 Å². The van der Waals surface area contributed by atoms with Crippen molar-refractivity contribution in [3.05, 3.63) is 46.9 Å². The van der Waals surface area contributed by atoms with Crippen molar-refractivity contribution < 1.29 is 14.0 Å². The molecular weight excluding hydrogens is 297 g/mol. The SMILES string of the molecule is CCCCCN1CC2=C(C1=O)C(c1cccc(F)c1)NC(=O)N2. The Kier molecular flexibility index (Phi) is 4.32.